The van der Waals surface area contributed by atoms with Crippen molar-refractivity contribution in [1.82, 2.24) is 5.32 Å². The lowest BCUT2D eigenvalue weighted by Crippen LogP contribution is -2.20. The van der Waals surface area contributed by atoms with Gasteiger partial charge < -0.3 is 10.2 Å². The van der Waals surface area contributed by atoms with Crippen molar-refractivity contribution in [1.29, 1.82) is 0 Å². The number of hydrogen-bond donors (Lipinski definition) is 1. The normalized spacial score (nSPS) is 15.3. The Bertz CT molecular complexity index is 445. The standard InChI is InChI=1S/C16H22N2/c1-4-9-17-13(3)14-6-7-16-15(12-14)8-11-18(16)10-5-2/h2,6-7,12-13,17H,4,8-11H2,1,3H3. The molecule has 0 bridgehead atoms. The molecule has 0 radical (unpaired) electrons. The molecule has 0 amide bonds. The second kappa shape index (κ2) is 5.93. The van der Waals surface area contributed by atoms with Crippen LogP contribution in [0.5, 0.6) is 0 Å². The van der Waals surface area contributed by atoms with Gasteiger partial charge >= 0.3 is 0 Å². The molecule has 96 valence electrons. The number of nitrogens with one attached hydrogen (secondary N) is 1. The summed E-state index contributed by atoms with van der Waals surface area (Å²) in [7, 11) is 0. The topological polar surface area (TPSA) is 15.3 Å². The summed E-state index contributed by atoms with van der Waals surface area (Å²) in [6.07, 6.45) is 7.69. The van der Waals surface area contributed by atoms with E-state index in [-0.39, 0.29) is 0 Å². The van der Waals surface area contributed by atoms with Crippen molar-refractivity contribution < 1.29 is 0 Å². The molecule has 0 spiro atoms. The molecular formula is C16H22N2. The lowest BCUT2D eigenvalue weighted by Gasteiger charge is -2.18. The molecule has 1 unspecified atom stereocenters. The largest absolute Gasteiger partial charge is 0.360 e. The third kappa shape index (κ3) is 2.68. The zero-order valence-electron chi connectivity index (χ0n) is 11.4. The zero-order chi connectivity index (χ0) is 13.0. The lowest BCUT2D eigenvalue weighted by molar-refractivity contribution is 0.570. The molecule has 0 saturated heterocycles. The lowest BCUT2D eigenvalue weighted by atomic mass is 10.0. The first kappa shape index (κ1) is 13.0. The van der Waals surface area contributed by atoms with Crippen LogP contribution in [0.1, 0.15) is 37.4 Å². The summed E-state index contributed by atoms with van der Waals surface area (Å²) in [6, 6.07) is 7.20. The smallest absolute Gasteiger partial charge is 0.0791 e. The van der Waals surface area contributed by atoms with Crippen LogP contribution >= 0.6 is 0 Å². The molecule has 1 aliphatic heterocycles. The SMILES string of the molecule is C#CCN1CCc2cc(C(C)NCCC)ccc21. The van der Waals surface area contributed by atoms with Crippen LogP contribution in [-0.4, -0.2) is 19.6 Å². The minimum Gasteiger partial charge on any atom is -0.360 e. The molecule has 1 aromatic carbocycles. The second-order valence-electron chi connectivity index (χ2n) is 4.94. The highest BCUT2D eigenvalue weighted by Gasteiger charge is 2.19. The van der Waals surface area contributed by atoms with E-state index in [2.05, 4.69) is 48.2 Å². The summed E-state index contributed by atoms with van der Waals surface area (Å²) in [5.74, 6) is 2.73. The Hall–Kier alpha value is -1.46. The highest BCUT2D eigenvalue weighted by molar-refractivity contribution is 5.60. The van der Waals surface area contributed by atoms with E-state index in [9.17, 15) is 0 Å². The van der Waals surface area contributed by atoms with E-state index in [0.717, 1.165) is 26.1 Å². The summed E-state index contributed by atoms with van der Waals surface area (Å²) < 4.78 is 0. The molecule has 2 nitrogen and oxygen atoms in total. The molecule has 0 saturated carbocycles. The molecule has 2 heteroatoms. The Labute approximate surface area is 110 Å². The van der Waals surface area contributed by atoms with Crippen LogP contribution in [0, 0.1) is 12.3 Å². The molecule has 2 rings (SSSR count). The molecule has 0 fully saturated rings. The summed E-state index contributed by atoms with van der Waals surface area (Å²) in [5.41, 5.74) is 4.14. The highest BCUT2D eigenvalue weighted by atomic mass is 15.1. The van der Waals surface area contributed by atoms with Gasteiger partial charge in [0.15, 0.2) is 0 Å². The van der Waals surface area contributed by atoms with Crippen LogP contribution in [0.4, 0.5) is 5.69 Å². The molecule has 1 aliphatic rings. The quantitative estimate of drug-likeness (QED) is 0.799. The van der Waals surface area contributed by atoms with E-state index in [1.54, 1.807) is 0 Å². The highest BCUT2D eigenvalue weighted by Crippen LogP contribution is 2.30. The Morgan fingerprint density at radius 3 is 3.06 bits per heavy atom. The van der Waals surface area contributed by atoms with E-state index < -0.39 is 0 Å². The molecule has 1 N–H and O–H groups in total. The summed E-state index contributed by atoms with van der Waals surface area (Å²) in [5, 5.41) is 3.53. The minimum atomic E-state index is 0.428. The molecule has 1 atom stereocenters. The second-order valence-corrected chi connectivity index (χ2v) is 4.94. The maximum atomic E-state index is 5.40. The fourth-order valence-electron chi connectivity index (χ4n) is 2.51. The van der Waals surface area contributed by atoms with Crippen LogP contribution in [0.15, 0.2) is 18.2 Å². The molecule has 0 aliphatic carbocycles. The summed E-state index contributed by atoms with van der Waals surface area (Å²) >= 11 is 0. The van der Waals surface area contributed by atoms with Crippen molar-refractivity contribution >= 4 is 5.69 Å². The van der Waals surface area contributed by atoms with Crippen LogP contribution in [0.25, 0.3) is 0 Å². The number of fused-ring (bicyclic) bond motifs is 1. The van der Waals surface area contributed by atoms with Crippen molar-refractivity contribution in [2.75, 3.05) is 24.5 Å². The average Bonchev–Trinajstić information content (AvgIpc) is 2.79. The van der Waals surface area contributed by atoms with E-state index in [1.165, 1.54) is 23.2 Å². The van der Waals surface area contributed by atoms with Gasteiger partial charge in [-0.05, 0) is 43.5 Å². The number of benzene rings is 1. The Balaban J connectivity index is 2.12. The van der Waals surface area contributed by atoms with Gasteiger partial charge in [0, 0.05) is 18.3 Å². The molecule has 18 heavy (non-hydrogen) atoms. The summed E-state index contributed by atoms with van der Waals surface area (Å²) in [4.78, 5) is 2.28. The first-order valence-electron chi connectivity index (χ1n) is 6.81. The molecule has 1 heterocycles. The number of hydrogen-bond acceptors (Lipinski definition) is 2. The maximum Gasteiger partial charge on any atom is 0.0791 e. The van der Waals surface area contributed by atoms with Gasteiger partial charge in [0.2, 0.25) is 0 Å². The van der Waals surface area contributed by atoms with Crippen molar-refractivity contribution in [3.63, 3.8) is 0 Å². The number of terminal acetylenes is 1. The fraction of sp³-hybridized carbons (Fsp3) is 0.500. The van der Waals surface area contributed by atoms with Gasteiger partial charge in [-0.3, -0.25) is 0 Å². The Morgan fingerprint density at radius 1 is 1.50 bits per heavy atom. The number of rotatable bonds is 5. The first-order valence-corrected chi connectivity index (χ1v) is 6.81. The van der Waals surface area contributed by atoms with E-state index in [1.807, 2.05) is 0 Å². The van der Waals surface area contributed by atoms with Crippen molar-refractivity contribution in [3.8, 4) is 12.3 Å². The first-order chi connectivity index (χ1) is 8.76. The molecule has 1 aromatic rings. The van der Waals surface area contributed by atoms with E-state index >= 15 is 0 Å². The van der Waals surface area contributed by atoms with Crippen LogP contribution in [0.2, 0.25) is 0 Å². The molecular weight excluding hydrogens is 220 g/mol. The fourth-order valence-corrected chi connectivity index (χ4v) is 2.51. The monoisotopic (exact) mass is 242 g/mol. The van der Waals surface area contributed by atoms with Crippen molar-refractivity contribution in [2.24, 2.45) is 0 Å². The predicted octanol–water partition coefficient (Wildman–Crippen LogP) is 2.74. The van der Waals surface area contributed by atoms with E-state index in [4.69, 9.17) is 6.42 Å². The third-order valence-electron chi connectivity index (χ3n) is 3.58. The van der Waals surface area contributed by atoms with Gasteiger partial charge in [-0.1, -0.05) is 25.0 Å². The van der Waals surface area contributed by atoms with Crippen LogP contribution in [0.3, 0.4) is 0 Å². The van der Waals surface area contributed by atoms with Crippen molar-refractivity contribution in [3.05, 3.63) is 29.3 Å². The van der Waals surface area contributed by atoms with Gasteiger partial charge in [0.05, 0.1) is 6.54 Å². The van der Waals surface area contributed by atoms with Gasteiger partial charge in [-0.15, -0.1) is 6.42 Å². The van der Waals surface area contributed by atoms with Crippen LogP contribution in [-0.2, 0) is 6.42 Å². The Kier molecular flexibility index (Phi) is 4.28. The molecule has 0 aromatic heterocycles. The number of nitrogens with zero attached hydrogens (tertiary/aromatic N) is 1. The Morgan fingerprint density at radius 2 is 2.33 bits per heavy atom. The summed E-state index contributed by atoms with van der Waals surface area (Å²) in [6.45, 7) is 7.27. The number of anilines is 1. The minimum absolute atomic E-state index is 0.428. The van der Waals surface area contributed by atoms with Gasteiger partial charge in [0.1, 0.15) is 0 Å². The third-order valence-corrected chi connectivity index (χ3v) is 3.58. The predicted molar refractivity (Wildman–Crippen MR) is 77.9 cm³/mol. The van der Waals surface area contributed by atoms with Gasteiger partial charge in [-0.2, -0.15) is 0 Å². The zero-order valence-corrected chi connectivity index (χ0v) is 11.4. The van der Waals surface area contributed by atoms with Gasteiger partial charge in [-0.25, -0.2) is 0 Å². The van der Waals surface area contributed by atoms with E-state index in [0.29, 0.717) is 6.04 Å². The van der Waals surface area contributed by atoms with Gasteiger partial charge in [0.25, 0.3) is 0 Å². The maximum absolute atomic E-state index is 5.40. The van der Waals surface area contributed by atoms with Crippen molar-refractivity contribution in [2.45, 2.75) is 32.7 Å². The average molecular weight is 242 g/mol. The van der Waals surface area contributed by atoms with Crippen LogP contribution < -0.4 is 10.2 Å².